The summed E-state index contributed by atoms with van der Waals surface area (Å²) in [5.74, 6) is 0.601. The summed E-state index contributed by atoms with van der Waals surface area (Å²) in [6.07, 6.45) is 8.54. The molecule has 138 valence electrons. The van der Waals surface area contributed by atoms with Gasteiger partial charge in [-0.15, -0.1) is 0 Å². The monoisotopic (exact) mass is 364 g/mol. The molecule has 1 saturated carbocycles. The van der Waals surface area contributed by atoms with Crippen molar-refractivity contribution in [3.05, 3.63) is 29.8 Å². The second kappa shape index (κ2) is 8.32. The minimum Gasteiger partial charge on any atom is -0.343 e. The smallest absolute Gasteiger partial charge is 0.240 e. The van der Waals surface area contributed by atoms with Crippen molar-refractivity contribution < 1.29 is 13.2 Å². The van der Waals surface area contributed by atoms with E-state index < -0.39 is 10.0 Å². The molecule has 0 unspecified atom stereocenters. The maximum Gasteiger partial charge on any atom is 0.240 e. The Labute approximate surface area is 150 Å². The Morgan fingerprint density at radius 3 is 2.28 bits per heavy atom. The SMILES string of the molecule is O=C(CCNS(=O)(=O)c1ccc(C2CCCCC2)cc1)N1CCCC1. The minimum atomic E-state index is -3.55. The highest BCUT2D eigenvalue weighted by atomic mass is 32.2. The van der Waals surface area contributed by atoms with Gasteiger partial charge in [-0.05, 0) is 49.3 Å². The number of hydrogen-bond acceptors (Lipinski definition) is 3. The Morgan fingerprint density at radius 2 is 1.64 bits per heavy atom. The van der Waals surface area contributed by atoms with E-state index in [9.17, 15) is 13.2 Å². The van der Waals surface area contributed by atoms with Crippen LogP contribution in [0.15, 0.2) is 29.2 Å². The molecule has 1 saturated heterocycles. The van der Waals surface area contributed by atoms with Gasteiger partial charge in [0.1, 0.15) is 0 Å². The predicted octanol–water partition coefficient (Wildman–Crippen LogP) is 3.03. The maximum absolute atomic E-state index is 12.4. The third-order valence-electron chi connectivity index (χ3n) is 5.36. The van der Waals surface area contributed by atoms with Crippen LogP contribution in [0, 0.1) is 0 Å². The lowest BCUT2D eigenvalue weighted by Gasteiger charge is -2.22. The van der Waals surface area contributed by atoms with Gasteiger partial charge in [-0.25, -0.2) is 13.1 Å². The van der Waals surface area contributed by atoms with Crippen LogP contribution in [0.4, 0.5) is 0 Å². The second-order valence-electron chi connectivity index (χ2n) is 7.14. The maximum atomic E-state index is 12.4. The third-order valence-corrected chi connectivity index (χ3v) is 6.83. The van der Waals surface area contributed by atoms with Crippen molar-refractivity contribution in [1.82, 2.24) is 9.62 Å². The van der Waals surface area contributed by atoms with Crippen LogP contribution < -0.4 is 4.72 Å². The van der Waals surface area contributed by atoms with Crippen molar-refractivity contribution in [2.75, 3.05) is 19.6 Å². The standard InChI is InChI=1S/C19H28N2O3S/c22-19(21-14-4-5-15-21)12-13-20-25(23,24)18-10-8-17(9-11-18)16-6-2-1-3-7-16/h8-11,16,20H,1-7,12-15H2. The van der Waals surface area contributed by atoms with Gasteiger partial charge >= 0.3 is 0 Å². The summed E-state index contributed by atoms with van der Waals surface area (Å²) in [5.41, 5.74) is 1.24. The Morgan fingerprint density at radius 1 is 1.00 bits per heavy atom. The van der Waals surface area contributed by atoms with Gasteiger partial charge in [0.25, 0.3) is 0 Å². The van der Waals surface area contributed by atoms with Crippen LogP contribution in [0.25, 0.3) is 0 Å². The predicted molar refractivity (Wildman–Crippen MR) is 97.9 cm³/mol. The molecular formula is C19H28N2O3S. The molecular weight excluding hydrogens is 336 g/mol. The van der Waals surface area contributed by atoms with Crippen LogP contribution in [0.3, 0.4) is 0 Å². The van der Waals surface area contributed by atoms with Crippen molar-refractivity contribution in [2.45, 2.75) is 62.2 Å². The molecule has 25 heavy (non-hydrogen) atoms. The summed E-state index contributed by atoms with van der Waals surface area (Å²) in [6, 6.07) is 7.27. The molecule has 0 atom stereocenters. The van der Waals surface area contributed by atoms with E-state index in [1.807, 2.05) is 17.0 Å². The summed E-state index contributed by atoms with van der Waals surface area (Å²) in [4.78, 5) is 14.1. The second-order valence-corrected chi connectivity index (χ2v) is 8.91. The van der Waals surface area contributed by atoms with Gasteiger partial charge in [-0.3, -0.25) is 4.79 Å². The highest BCUT2D eigenvalue weighted by Gasteiger charge is 2.20. The van der Waals surface area contributed by atoms with E-state index in [-0.39, 0.29) is 23.8 Å². The minimum absolute atomic E-state index is 0.0350. The molecule has 2 aliphatic rings. The van der Waals surface area contributed by atoms with E-state index in [0.29, 0.717) is 5.92 Å². The summed E-state index contributed by atoms with van der Waals surface area (Å²) in [6.45, 7) is 1.75. The largest absolute Gasteiger partial charge is 0.343 e. The summed E-state index contributed by atoms with van der Waals surface area (Å²) < 4.78 is 27.3. The number of nitrogens with zero attached hydrogens (tertiary/aromatic N) is 1. The zero-order chi connectivity index (χ0) is 17.7. The van der Waals surface area contributed by atoms with Gasteiger partial charge in [-0.2, -0.15) is 0 Å². The Hall–Kier alpha value is -1.40. The molecule has 5 nitrogen and oxygen atoms in total. The molecule has 1 aromatic carbocycles. The fourth-order valence-corrected chi connectivity index (χ4v) is 4.89. The molecule has 3 rings (SSSR count). The van der Waals surface area contributed by atoms with E-state index in [4.69, 9.17) is 0 Å². The lowest BCUT2D eigenvalue weighted by atomic mass is 9.84. The summed E-state index contributed by atoms with van der Waals surface area (Å²) in [5, 5.41) is 0. The number of amides is 1. The first-order chi connectivity index (χ1) is 12.1. The average Bonchev–Trinajstić information content (AvgIpc) is 3.17. The molecule has 0 radical (unpaired) electrons. The van der Waals surface area contributed by atoms with Crippen molar-refractivity contribution in [2.24, 2.45) is 0 Å². The Balaban J connectivity index is 1.53. The number of benzene rings is 1. The first-order valence-corrected chi connectivity index (χ1v) is 10.9. The van der Waals surface area contributed by atoms with Crippen molar-refractivity contribution in [3.63, 3.8) is 0 Å². The van der Waals surface area contributed by atoms with Gasteiger partial charge in [0.15, 0.2) is 0 Å². The lowest BCUT2D eigenvalue weighted by Crippen LogP contribution is -2.32. The van der Waals surface area contributed by atoms with Gasteiger partial charge in [-0.1, -0.05) is 31.4 Å². The molecule has 1 aromatic rings. The molecule has 1 amide bonds. The van der Waals surface area contributed by atoms with Crippen molar-refractivity contribution in [1.29, 1.82) is 0 Å². The van der Waals surface area contributed by atoms with E-state index in [1.54, 1.807) is 12.1 Å². The number of sulfonamides is 1. The Bertz CT molecular complexity index is 673. The Kier molecular flexibility index (Phi) is 6.12. The molecule has 1 aliphatic heterocycles. The van der Waals surface area contributed by atoms with E-state index >= 15 is 0 Å². The van der Waals surface area contributed by atoms with Crippen molar-refractivity contribution in [3.8, 4) is 0 Å². The van der Waals surface area contributed by atoms with Crippen LogP contribution >= 0.6 is 0 Å². The summed E-state index contributed by atoms with van der Waals surface area (Å²) in [7, 11) is -3.55. The highest BCUT2D eigenvalue weighted by Crippen LogP contribution is 2.32. The molecule has 6 heteroatoms. The fraction of sp³-hybridized carbons (Fsp3) is 0.632. The number of rotatable bonds is 6. The van der Waals surface area contributed by atoms with Crippen LogP contribution in [0.5, 0.6) is 0 Å². The molecule has 1 heterocycles. The molecule has 0 spiro atoms. The molecule has 2 fully saturated rings. The highest BCUT2D eigenvalue weighted by molar-refractivity contribution is 7.89. The summed E-state index contributed by atoms with van der Waals surface area (Å²) >= 11 is 0. The van der Waals surface area contributed by atoms with Crippen LogP contribution in [-0.4, -0.2) is 38.9 Å². The van der Waals surface area contributed by atoms with Crippen LogP contribution in [0.2, 0.25) is 0 Å². The number of nitrogens with one attached hydrogen (secondary N) is 1. The third kappa shape index (κ3) is 4.82. The average molecular weight is 365 g/mol. The molecule has 0 aromatic heterocycles. The number of likely N-dealkylation sites (tertiary alicyclic amines) is 1. The molecule has 0 bridgehead atoms. The van der Waals surface area contributed by atoms with Crippen LogP contribution in [0.1, 0.15) is 62.8 Å². The quantitative estimate of drug-likeness (QED) is 0.844. The van der Waals surface area contributed by atoms with E-state index in [1.165, 1.54) is 37.7 Å². The lowest BCUT2D eigenvalue weighted by molar-refractivity contribution is -0.129. The van der Waals surface area contributed by atoms with Crippen LogP contribution in [-0.2, 0) is 14.8 Å². The van der Waals surface area contributed by atoms with Gasteiger partial charge < -0.3 is 4.90 Å². The van der Waals surface area contributed by atoms with Gasteiger partial charge in [0, 0.05) is 26.1 Å². The molecule has 1 aliphatic carbocycles. The molecule has 1 N–H and O–H groups in total. The van der Waals surface area contributed by atoms with Crippen molar-refractivity contribution >= 4 is 15.9 Å². The van der Waals surface area contributed by atoms with E-state index in [2.05, 4.69) is 4.72 Å². The fourth-order valence-electron chi connectivity index (χ4n) is 3.86. The topological polar surface area (TPSA) is 66.5 Å². The zero-order valence-electron chi connectivity index (χ0n) is 14.7. The number of hydrogen-bond donors (Lipinski definition) is 1. The first kappa shape index (κ1) is 18.4. The number of carbonyl (C=O) groups is 1. The van der Waals surface area contributed by atoms with Gasteiger partial charge in [0.2, 0.25) is 15.9 Å². The van der Waals surface area contributed by atoms with E-state index in [0.717, 1.165) is 25.9 Å². The number of carbonyl (C=O) groups excluding carboxylic acids is 1. The first-order valence-electron chi connectivity index (χ1n) is 9.44. The zero-order valence-corrected chi connectivity index (χ0v) is 15.6. The van der Waals surface area contributed by atoms with Gasteiger partial charge in [0.05, 0.1) is 4.90 Å². The normalized spacial score (nSPS) is 19.3.